The van der Waals surface area contributed by atoms with Crippen LogP contribution in [0.1, 0.15) is 38.5 Å². The second-order valence-corrected chi connectivity index (χ2v) is 6.55. The van der Waals surface area contributed by atoms with Crippen LogP contribution in [0.25, 0.3) is 0 Å². The highest BCUT2D eigenvalue weighted by molar-refractivity contribution is 5.77. The first kappa shape index (κ1) is 12.1. The van der Waals surface area contributed by atoms with Gasteiger partial charge in [-0.15, -0.1) is 0 Å². The van der Waals surface area contributed by atoms with Gasteiger partial charge in [-0.1, -0.05) is 0 Å². The Morgan fingerprint density at radius 1 is 1.00 bits per heavy atom. The third-order valence-corrected chi connectivity index (χ3v) is 5.14. The molecule has 4 bridgehead atoms. The third-order valence-electron chi connectivity index (χ3n) is 5.14. The van der Waals surface area contributed by atoms with Gasteiger partial charge in [0, 0.05) is 0 Å². The Balaban J connectivity index is 1.47. The molecule has 1 atom stereocenters. The molecule has 0 radical (unpaired) electrons. The molecule has 0 N–H and O–H groups in total. The van der Waals surface area contributed by atoms with E-state index < -0.39 is 6.29 Å². The largest absolute Gasteiger partial charge is 0.430 e. The normalized spacial score (nSPS) is 48.2. The fourth-order valence-electron chi connectivity index (χ4n) is 4.85. The van der Waals surface area contributed by atoms with Crippen molar-refractivity contribution in [1.82, 2.24) is 0 Å². The van der Waals surface area contributed by atoms with E-state index in [2.05, 4.69) is 15.0 Å². The van der Waals surface area contributed by atoms with Crippen molar-refractivity contribution in [3.63, 3.8) is 0 Å². The Morgan fingerprint density at radius 3 is 2.16 bits per heavy atom. The van der Waals surface area contributed by atoms with Crippen molar-refractivity contribution < 1.29 is 29.4 Å². The summed E-state index contributed by atoms with van der Waals surface area (Å²) in [4.78, 5) is 21.8. The van der Waals surface area contributed by atoms with E-state index in [4.69, 9.17) is 9.62 Å². The van der Waals surface area contributed by atoms with Gasteiger partial charge < -0.3 is 4.74 Å². The smallest absolute Gasteiger partial charge is 0.314 e. The van der Waals surface area contributed by atoms with Crippen LogP contribution < -0.4 is 0 Å². The molecule has 6 nitrogen and oxygen atoms in total. The minimum absolute atomic E-state index is 0.0398. The van der Waals surface area contributed by atoms with Crippen LogP contribution in [0, 0.1) is 23.2 Å². The van der Waals surface area contributed by atoms with Gasteiger partial charge in [-0.3, -0.25) is 4.79 Å². The van der Waals surface area contributed by atoms with E-state index in [1.807, 2.05) is 0 Å². The van der Waals surface area contributed by atoms with Crippen molar-refractivity contribution in [1.29, 1.82) is 0 Å². The lowest BCUT2D eigenvalue weighted by molar-refractivity contribution is -0.688. The number of carbonyl (C=O) groups is 1. The molecule has 1 saturated heterocycles. The maximum atomic E-state index is 12.5. The molecule has 19 heavy (non-hydrogen) atoms. The van der Waals surface area contributed by atoms with Crippen molar-refractivity contribution in [2.24, 2.45) is 23.2 Å². The van der Waals surface area contributed by atoms with E-state index in [-0.39, 0.29) is 18.0 Å². The van der Waals surface area contributed by atoms with Crippen molar-refractivity contribution in [3.05, 3.63) is 0 Å². The van der Waals surface area contributed by atoms with Gasteiger partial charge in [-0.05, 0) is 66.4 Å². The lowest BCUT2D eigenvalue weighted by atomic mass is 9.49. The van der Waals surface area contributed by atoms with Crippen LogP contribution in [0.15, 0.2) is 0 Å². The zero-order valence-electron chi connectivity index (χ0n) is 10.7. The van der Waals surface area contributed by atoms with Crippen LogP contribution >= 0.6 is 0 Å². The average Bonchev–Trinajstić information content (AvgIpc) is 2.38. The molecule has 0 aromatic rings. The van der Waals surface area contributed by atoms with Crippen molar-refractivity contribution in [2.75, 3.05) is 6.61 Å². The summed E-state index contributed by atoms with van der Waals surface area (Å²) in [6.07, 6.45) is 5.99. The number of hydrogen-bond donors (Lipinski definition) is 0. The molecule has 1 unspecified atom stereocenters. The quantitative estimate of drug-likeness (QED) is 0.564. The van der Waals surface area contributed by atoms with Crippen LogP contribution in [-0.2, 0) is 29.4 Å². The number of carbonyl (C=O) groups excluding carboxylic acids is 1. The standard InChI is InChI=1S/C13H18O6/c14-12(16-11-7-15-18-19-17-11)13-4-8-1-9(5-13)3-10(2-8)6-13/h8-11H,1-7H2. The number of ether oxygens (including phenoxy) is 1. The van der Waals surface area contributed by atoms with E-state index >= 15 is 0 Å². The molecular weight excluding hydrogens is 252 g/mol. The zero-order valence-corrected chi connectivity index (χ0v) is 10.7. The van der Waals surface area contributed by atoms with Crippen molar-refractivity contribution >= 4 is 5.97 Å². The summed E-state index contributed by atoms with van der Waals surface area (Å²) in [5.41, 5.74) is -0.281. The lowest BCUT2D eigenvalue weighted by Gasteiger charge is -2.55. The van der Waals surface area contributed by atoms with E-state index in [1.54, 1.807) is 0 Å². The van der Waals surface area contributed by atoms with Crippen LogP contribution in [0.4, 0.5) is 0 Å². The minimum Gasteiger partial charge on any atom is -0.430 e. The molecular formula is C13H18O6. The molecule has 4 aliphatic carbocycles. The highest BCUT2D eigenvalue weighted by Crippen LogP contribution is 2.60. The fraction of sp³-hybridized carbons (Fsp3) is 0.923. The summed E-state index contributed by atoms with van der Waals surface area (Å²) in [6.45, 7) is 0.0398. The average molecular weight is 270 g/mol. The Labute approximate surface area is 111 Å². The van der Waals surface area contributed by atoms with E-state index in [1.165, 1.54) is 19.3 Å². The third kappa shape index (κ3) is 2.07. The fourth-order valence-corrected chi connectivity index (χ4v) is 4.85. The molecule has 0 aromatic carbocycles. The Hall–Kier alpha value is -0.690. The molecule has 6 heteroatoms. The number of esters is 1. The van der Waals surface area contributed by atoms with E-state index in [0.717, 1.165) is 19.3 Å². The molecule has 106 valence electrons. The van der Waals surface area contributed by atoms with Crippen LogP contribution in [0.2, 0.25) is 0 Å². The van der Waals surface area contributed by atoms with E-state index in [9.17, 15) is 4.79 Å². The van der Waals surface area contributed by atoms with Crippen molar-refractivity contribution in [3.8, 4) is 0 Å². The topological polar surface area (TPSA) is 63.2 Å². The van der Waals surface area contributed by atoms with Gasteiger partial charge in [0.1, 0.15) is 0 Å². The zero-order chi connectivity index (χ0) is 12.9. The molecule has 5 fully saturated rings. The van der Waals surface area contributed by atoms with Crippen molar-refractivity contribution in [2.45, 2.75) is 44.8 Å². The van der Waals surface area contributed by atoms with Gasteiger partial charge in [0.25, 0.3) is 6.29 Å². The summed E-state index contributed by atoms with van der Waals surface area (Å²) in [6, 6.07) is 0. The molecule has 1 aliphatic heterocycles. The van der Waals surface area contributed by atoms with Gasteiger partial charge >= 0.3 is 5.97 Å². The first-order valence-electron chi connectivity index (χ1n) is 7.06. The molecule has 5 rings (SSSR count). The maximum Gasteiger partial charge on any atom is 0.314 e. The van der Waals surface area contributed by atoms with Crippen LogP contribution in [-0.4, -0.2) is 18.9 Å². The van der Waals surface area contributed by atoms with Crippen LogP contribution in [0.5, 0.6) is 0 Å². The first-order chi connectivity index (χ1) is 9.23. The predicted octanol–water partition coefficient (Wildman–Crippen LogP) is 1.90. The van der Waals surface area contributed by atoms with E-state index in [0.29, 0.717) is 17.8 Å². The molecule has 0 spiro atoms. The molecule has 4 saturated carbocycles. The van der Waals surface area contributed by atoms with Crippen LogP contribution in [0.3, 0.4) is 0 Å². The summed E-state index contributed by atoms with van der Waals surface area (Å²) in [5.74, 6) is 1.98. The monoisotopic (exact) mass is 270 g/mol. The van der Waals surface area contributed by atoms with Gasteiger partial charge in [-0.25, -0.2) is 0 Å². The maximum absolute atomic E-state index is 12.5. The second kappa shape index (κ2) is 4.41. The highest BCUT2D eigenvalue weighted by Gasteiger charge is 2.56. The van der Waals surface area contributed by atoms with Gasteiger partial charge in [0.2, 0.25) is 0 Å². The summed E-state index contributed by atoms with van der Waals surface area (Å²) < 4.78 is 5.38. The minimum atomic E-state index is -0.825. The Bertz CT molecular complexity index is 340. The number of rotatable bonds is 2. The predicted molar refractivity (Wildman–Crippen MR) is 59.7 cm³/mol. The van der Waals surface area contributed by atoms with Gasteiger partial charge in [0.05, 0.1) is 5.41 Å². The second-order valence-electron chi connectivity index (χ2n) is 6.55. The highest BCUT2D eigenvalue weighted by atomic mass is 17.7. The summed E-state index contributed by atoms with van der Waals surface area (Å²) in [7, 11) is 0. The Morgan fingerprint density at radius 2 is 1.63 bits per heavy atom. The number of hydrogen-bond acceptors (Lipinski definition) is 6. The molecule has 1 heterocycles. The van der Waals surface area contributed by atoms with Gasteiger partial charge in [-0.2, -0.15) is 9.78 Å². The first-order valence-corrected chi connectivity index (χ1v) is 7.06. The molecule has 5 aliphatic rings. The molecule has 0 amide bonds. The SMILES string of the molecule is O=C(OC1COOOO1)C12CC3CC(CC(C3)C1)C2. The lowest BCUT2D eigenvalue weighted by Crippen LogP contribution is -2.51. The molecule has 0 aromatic heterocycles. The Kier molecular flexibility index (Phi) is 2.80. The summed E-state index contributed by atoms with van der Waals surface area (Å²) in [5, 5.41) is 8.32. The van der Waals surface area contributed by atoms with Gasteiger partial charge in [0.15, 0.2) is 6.61 Å². The summed E-state index contributed by atoms with van der Waals surface area (Å²) >= 11 is 0.